The van der Waals surface area contributed by atoms with Crippen LogP contribution in [0.3, 0.4) is 0 Å². The van der Waals surface area contributed by atoms with Crippen LogP contribution >= 0.6 is 12.4 Å². The lowest BCUT2D eigenvalue weighted by Crippen LogP contribution is -2.29. The van der Waals surface area contributed by atoms with Crippen molar-refractivity contribution in [3.05, 3.63) is 23.8 Å². The van der Waals surface area contributed by atoms with Crippen molar-refractivity contribution in [2.75, 3.05) is 41.5 Å². The number of aliphatic hydroxyl groups excluding tert-OH is 1. The zero-order valence-electron chi connectivity index (χ0n) is 12.5. The second-order valence-electron chi connectivity index (χ2n) is 4.61. The number of rotatable bonds is 8. The third-order valence-electron chi connectivity index (χ3n) is 2.63. The Bertz CT molecular complexity index is 387. The van der Waals surface area contributed by atoms with Crippen molar-refractivity contribution >= 4 is 12.4 Å². The molecule has 1 atom stereocenters. The van der Waals surface area contributed by atoms with E-state index in [2.05, 4.69) is 0 Å². The van der Waals surface area contributed by atoms with Gasteiger partial charge in [-0.3, -0.25) is 0 Å². The summed E-state index contributed by atoms with van der Waals surface area (Å²) in [6, 6.07) is 5.55. The van der Waals surface area contributed by atoms with Crippen LogP contribution in [0.4, 0.5) is 0 Å². The monoisotopic (exact) mass is 305 g/mol. The molecule has 0 aliphatic carbocycles. The molecule has 1 aromatic rings. The van der Waals surface area contributed by atoms with E-state index in [0.29, 0.717) is 19.8 Å². The molecule has 0 bridgehead atoms. The van der Waals surface area contributed by atoms with Gasteiger partial charge in [-0.1, -0.05) is 0 Å². The first kappa shape index (κ1) is 19.0. The van der Waals surface area contributed by atoms with E-state index in [-0.39, 0.29) is 12.4 Å². The predicted octanol–water partition coefficient (Wildman–Crippen LogP) is 1.56. The van der Waals surface area contributed by atoms with E-state index in [0.717, 1.165) is 17.1 Å². The fourth-order valence-corrected chi connectivity index (χ4v) is 1.77. The second kappa shape index (κ2) is 9.83. The summed E-state index contributed by atoms with van der Waals surface area (Å²) in [4.78, 5) is 1.92. The van der Waals surface area contributed by atoms with Gasteiger partial charge in [0.1, 0.15) is 11.5 Å². The van der Waals surface area contributed by atoms with Gasteiger partial charge in [0.15, 0.2) is 0 Å². The van der Waals surface area contributed by atoms with Crippen molar-refractivity contribution < 1.29 is 19.3 Å². The van der Waals surface area contributed by atoms with Gasteiger partial charge in [-0.05, 0) is 32.3 Å². The molecular formula is C14H24ClNO4. The molecule has 0 amide bonds. The van der Waals surface area contributed by atoms with Crippen molar-refractivity contribution in [1.82, 2.24) is 4.90 Å². The second-order valence-corrected chi connectivity index (χ2v) is 4.61. The molecule has 0 aromatic heterocycles. The molecule has 1 rings (SSSR count). The molecule has 0 spiro atoms. The number of ether oxygens (including phenoxy) is 3. The smallest absolute Gasteiger partial charge is 0.124 e. The van der Waals surface area contributed by atoms with Crippen molar-refractivity contribution in [1.29, 1.82) is 0 Å². The Balaban J connectivity index is 0.00000361. The number of likely N-dealkylation sites (N-methyl/N-ethyl adjacent to an activating group) is 1. The van der Waals surface area contributed by atoms with E-state index in [4.69, 9.17) is 14.2 Å². The molecule has 5 nitrogen and oxygen atoms in total. The van der Waals surface area contributed by atoms with Crippen molar-refractivity contribution in [2.24, 2.45) is 0 Å². The number of aliphatic hydroxyl groups is 1. The van der Waals surface area contributed by atoms with Crippen LogP contribution in [0.1, 0.15) is 5.56 Å². The van der Waals surface area contributed by atoms with Gasteiger partial charge in [-0.15, -0.1) is 12.4 Å². The lowest BCUT2D eigenvalue weighted by molar-refractivity contribution is 0.0163. The van der Waals surface area contributed by atoms with E-state index in [9.17, 15) is 5.11 Å². The predicted molar refractivity (Wildman–Crippen MR) is 81.0 cm³/mol. The maximum Gasteiger partial charge on any atom is 0.124 e. The highest BCUT2D eigenvalue weighted by Gasteiger charge is 2.08. The number of hydrogen-bond donors (Lipinski definition) is 1. The Morgan fingerprint density at radius 3 is 2.45 bits per heavy atom. The molecule has 0 radical (unpaired) electrons. The van der Waals surface area contributed by atoms with E-state index in [1.807, 2.05) is 37.2 Å². The molecule has 0 aliphatic heterocycles. The van der Waals surface area contributed by atoms with Gasteiger partial charge in [0, 0.05) is 12.1 Å². The SMILES string of the molecule is COc1ccc(OC)c(COCC(O)CN(C)C)c1.Cl. The van der Waals surface area contributed by atoms with Gasteiger partial charge in [0.2, 0.25) is 0 Å². The summed E-state index contributed by atoms with van der Waals surface area (Å²) in [5, 5.41) is 9.70. The van der Waals surface area contributed by atoms with Crippen LogP contribution in [0, 0.1) is 0 Å². The third-order valence-corrected chi connectivity index (χ3v) is 2.63. The van der Waals surface area contributed by atoms with E-state index >= 15 is 0 Å². The summed E-state index contributed by atoms with van der Waals surface area (Å²) in [5.41, 5.74) is 0.902. The fourth-order valence-electron chi connectivity index (χ4n) is 1.77. The first-order chi connectivity index (χ1) is 9.06. The molecule has 116 valence electrons. The minimum Gasteiger partial charge on any atom is -0.497 e. The normalized spacial score (nSPS) is 11.9. The minimum absolute atomic E-state index is 0. The number of halogens is 1. The first-order valence-electron chi connectivity index (χ1n) is 6.18. The van der Waals surface area contributed by atoms with Crippen LogP contribution in [-0.2, 0) is 11.3 Å². The number of benzene rings is 1. The molecule has 0 aliphatic rings. The number of nitrogens with zero attached hydrogens (tertiary/aromatic N) is 1. The topological polar surface area (TPSA) is 51.2 Å². The molecule has 0 fully saturated rings. The number of hydrogen-bond acceptors (Lipinski definition) is 5. The van der Waals surface area contributed by atoms with Crippen LogP contribution < -0.4 is 9.47 Å². The average molecular weight is 306 g/mol. The molecule has 20 heavy (non-hydrogen) atoms. The van der Waals surface area contributed by atoms with Gasteiger partial charge >= 0.3 is 0 Å². The largest absolute Gasteiger partial charge is 0.497 e. The summed E-state index contributed by atoms with van der Waals surface area (Å²) in [6.07, 6.45) is -0.494. The summed E-state index contributed by atoms with van der Waals surface area (Å²) in [7, 11) is 7.06. The van der Waals surface area contributed by atoms with Crippen LogP contribution in [0.5, 0.6) is 11.5 Å². The van der Waals surface area contributed by atoms with E-state index in [1.165, 1.54) is 0 Å². The molecule has 0 heterocycles. The van der Waals surface area contributed by atoms with Crippen LogP contribution in [0.2, 0.25) is 0 Å². The van der Waals surface area contributed by atoms with E-state index < -0.39 is 6.10 Å². The lowest BCUT2D eigenvalue weighted by Gasteiger charge is -2.16. The Morgan fingerprint density at radius 2 is 1.90 bits per heavy atom. The zero-order valence-corrected chi connectivity index (χ0v) is 13.3. The van der Waals surface area contributed by atoms with Crippen LogP contribution in [0.25, 0.3) is 0 Å². The minimum atomic E-state index is -0.494. The Labute approximate surface area is 126 Å². The van der Waals surface area contributed by atoms with Gasteiger partial charge in [0.25, 0.3) is 0 Å². The lowest BCUT2D eigenvalue weighted by atomic mass is 10.2. The van der Waals surface area contributed by atoms with Gasteiger partial charge < -0.3 is 24.2 Å². The average Bonchev–Trinajstić information content (AvgIpc) is 2.37. The highest BCUT2D eigenvalue weighted by Crippen LogP contribution is 2.24. The fraction of sp³-hybridized carbons (Fsp3) is 0.571. The molecule has 1 unspecified atom stereocenters. The summed E-state index contributed by atoms with van der Waals surface area (Å²) in [5.74, 6) is 1.51. The standard InChI is InChI=1S/C14H23NO4.ClH/c1-15(2)8-12(16)10-19-9-11-7-13(17-3)5-6-14(11)18-4;/h5-7,12,16H,8-10H2,1-4H3;1H. The molecule has 1 N–H and O–H groups in total. The summed E-state index contributed by atoms with van der Waals surface area (Å²) >= 11 is 0. The van der Waals surface area contributed by atoms with Crippen molar-refractivity contribution in [2.45, 2.75) is 12.7 Å². The van der Waals surface area contributed by atoms with Crippen molar-refractivity contribution in [3.8, 4) is 11.5 Å². The highest BCUT2D eigenvalue weighted by atomic mass is 35.5. The molecule has 6 heteroatoms. The van der Waals surface area contributed by atoms with E-state index in [1.54, 1.807) is 14.2 Å². The molecule has 0 saturated heterocycles. The van der Waals surface area contributed by atoms with Gasteiger partial charge in [0.05, 0.1) is 33.5 Å². The number of methoxy groups -OCH3 is 2. The quantitative estimate of drug-likeness (QED) is 0.790. The third kappa shape index (κ3) is 6.43. The van der Waals surface area contributed by atoms with Gasteiger partial charge in [-0.2, -0.15) is 0 Å². The maximum absolute atomic E-state index is 9.70. The molecule has 0 saturated carbocycles. The Kier molecular flexibility index (Phi) is 9.33. The van der Waals surface area contributed by atoms with Crippen LogP contribution in [-0.4, -0.2) is 57.6 Å². The molecular weight excluding hydrogens is 282 g/mol. The van der Waals surface area contributed by atoms with Crippen molar-refractivity contribution in [3.63, 3.8) is 0 Å². The highest BCUT2D eigenvalue weighted by molar-refractivity contribution is 5.85. The van der Waals surface area contributed by atoms with Gasteiger partial charge in [-0.25, -0.2) is 0 Å². The summed E-state index contributed by atoms with van der Waals surface area (Å²) in [6.45, 7) is 1.25. The Morgan fingerprint density at radius 1 is 1.20 bits per heavy atom. The Hall–Kier alpha value is -1.01. The maximum atomic E-state index is 9.70. The summed E-state index contributed by atoms with van der Waals surface area (Å²) < 4.78 is 15.9. The first-order valence-corrected chi connectivity index (χ1v) is 6.18. The molecule has 1 aromatic carbocycles. The van der Waals surface area contributed by atoms with Crippen LogP contribution in [0.15, 0.2) is 18.2 Å². The zero-order chi connectivity index (χ0) is 14.3.